The molecule has 0 saturated carbocycles. The van der Waals surface area contributed by atoms with Crippen molar-refractivity contribution in [3.63, 3.8) is 0 Å². The number of likely N-dealkylation sites (N-methyl/N-ethyl adjacent to an activating group) is 1. The Labute approximate surface area is 97.2 Å². The number of hydrogen-bond donors (Lipinski definition) is 2. The molecule has 0 aliphatic rings. The van der Waals surface area contributed by atoms with E-state index in [9.17, 15) is 19.1 Å². The van der Waals surface area contributed by atoms with Crippen molar-refractivity contribution in [1.82, 2.24) is 5.32 Å². The fraction of sp³-hybridized carbons (Fsp3) is 0.273. The summed E-state index contributed by atoms with van der Waals surface area (Å²) >= 11 is 0. The van der Waals surface area contributed by atoms with Crippen molar-refractivity contribution in [2.45, 2.75) is 0 Å². The molecule has 1 rings (SSSR count). The molecule has 0 saturated heterocycles. The van der Waals surface area contributed by atoms with Crippen LogP contribution in [0.3, 0.4) is 0 Å². The number of esters is 1. The molecule has 2 N–H and O–H groups in total. The van der Waals surface area contributed by atoms with Gasteiger partial charge in [0, 0.05) is 5.56 Å². The second kappa shape index (κ2) is 5.40. The number of Topliss-reactive ketones (excluding diaryl/α,β-unsaturated/α-hetero) is 1. The molecule has 0 bridgehead atoms. The third-order valence-electron chi connectivity index (χ3n) is 2.13. The number of halogens is 1. The number of carbonyl (C=O) groups excluding carboxylic acids is 2. The lowest BCUT2D eigenvalue weighted by Crippen LogP contribution is -2.19. The van der Waals surface area contributed by atoms with E-state index in [4.69, 9.17) is 0 Å². The number of rotatable bonds is 4. The summed E-state index contributed by atoms with van der Waals surface area (Å²) in [7, 11) is 2.66. The number of phenols is 1. The van der Waals surface area contributed by atoms with E-state index in [1.807, 2.05) is 0 Å². The number of nitrogens with one attached hydrogen (secondary N) is 1. The number of phenolic OH excluding ortho intramolecular Hbond substituents is 1. The van der Waals surface area contributed by atoms with Gasteiger partial charge in [-0.3, -0.25) is 4.79 Å². The van der Waals surface area contributed by atoms with Crippen LogP contribution in [0.5, 0.6) is 5.75 Å². The van der Waals surface area contributed by atoms with E-state index >= 15 is 0 Å². The Bertz CT molecular complexity index is 459. The van der Waals surface area contributed by atoms with E-state index in [1.165, 1.54) is 0 Å². The Hall–Kier alpha value is -1.95. The predicted octanol–water partition coefficient (Wildman–Crippen LogP) is 0.720. The minimum Gasteiger partial charge on any atom is -0.504 e. The van der Waals surface area contributed by atoms with E-state index in [1.54, 1.807) is 7.05 Å². The molecule has 0 unspecified atom stereocenters. The molecule has 1 aromatic rings. The zero-order valence-corrected chi connectivity index (χ0v) is 9.41. The molecule has 0 aliphatic carbocycles. The predicted molar refractivity (Wildman–Crippen MR) is 57.7 cm³/mol. The summed E-state index contributed by atoms with van der Waals surface area (Å²) in [6.07, 6.45) is 0. The van der Waals surface area contributed by atoms with Crippen LogP contribution in [0.2, 0.25) is 0 Å². The highest BCUT2D eigenvalue weighted by atomic mass is 19.1. The summed E-state index contributed by atoms with van der Waals surface area (Å²) in [4.78, 5) is 22.8. The topological polar surface area (TPSA) is 75.6 Å². The Morgan fingerprint density at radius 3 is 2.65 bits per heavy atom. The SMILES string of the molecule is CNCC(=O)c1cc(F)c(O)c(C(=O)OC)c1. The lowest BCUT2D eigenvalue weighted by atomic mass is 10.1. The van der Waals surface area contributed by atoms with Crippen LogP contribution >= 0.6 is 0 Å². The second-order valence-electron chi connectivity index (χ2n) is 3.30. The van der Waals surface area contributed by atoms with Gasteiger partial charge in [0.15, 0.2) is 17.3 Å². The van der Waals surface area contributed by atoms with Gasteiger partial charge in [-0.25, -0.2) is 9.18 Å². The van der Waals surface area contributed by atoms with Gasteiger partial charge < -0.3 is 15.2 Å². The van der Waals surface area contributed by atoms with Crippen LogP contribution in [0.4, 0.5) is 4.39 Å². The molecule has 0 aliphatic heterocycles. The van der Waals surface area contributed by atoms with E-state index in [0.717, 1.165) is 19.2 Å². The van der Waals surface area contributed by atoms with Crippen molar-refractivity contribution in [1.29, 1.82) is 0 Å². The number of ether oxygens (including phenoxy) is 1. The van der Waals surface area contributed by atoms with Crippen molar-refractivity contribution in [3.8, 4) is 5.75 Å². The molecule has 17 heavy (non-hydrogen) atoms. The minimum atomic E-state index is -1.03. The lowest BCUT2D eigenvalue weighted by Gasteiger charge is -2.06. The Morgan fingerprint density at radius 1 is 1.47 bits per heavy atom. The van der Waals surface area contributed by atoms with Gasteiger partial charge in [0.05, 0.1) is 13.7 Å². The molecule has 0 aromatic heterocycles. The maximum atomic E-state index is 13.3. The average molecular weight is 241 g/mol. The van der Waals surface area contributed by atoms with Gasteiger partial charge in [0.25, 0.3) is 0 Å². The molecular formula is C11H12FNO4. The highest BCUT2D eigenvalue weighted by molar-refractivity contribution is 6.01. The third-order valence-corrected chi connectivity index (χ3v) is 2.13. The first kappa shape index (κ1) is 13.1. The molecule has 1 aromatic carbocycles. The summed E-state index contributed by atoms with van der Waals surface area (Å²) in [5.74, 6) is -3.15. The first-order valence-electron chi connectivity index (χ1n) is 4.80. The highest BCUT2D eigenvalue weighted by Crippen LogP contribution is 2.24. The molecule has 0 atom stereocenters. The zero-order chi connectivity index (χ0) is 13.0. The molecule has 0 fully saturated rings. The summed E-state index contributed by atoms with van der Waals surface area (Å²) < 4.78 is 17.7. The van der Waals surface area contributed by atoms with Crippen LogP contribution in [-0.4, -0.2) is 37.6 Å². The fourth-order valence-electron chi connectivity index (χ4n) is 1.29. The van der Waals surface area contributed by atoms with Gasteiger partial charge in [0.2, 0.25) is 0 Å². The number of benzene rings is 1. The van der Waals surface area contributed by atoms with Crippen LogP contribution in [0.25, 0.3) is 0 Å². The minimum absolute atomic E-state index is 0.00458. The molecule has 0 spiro atoms. The second-order valence-corrected chi connectivity index (χ2v) is 3.30. The lowest BCUT2D eigenvalue weighted by molar-refractivity contribution is 0.0596. The largest absolute Gasteiger partial charge is 0.504 e. The van der Waals surface area contributed by atoms with Crippen molar-refractivity contribution in [2.75, 3.05) is 20.7 Å². The molecule has 0 amide bonds. The van der Waals surface area contributed by atoms with Crippen LogP contribution in [0.15, 0.2) is 12.1 Å². The highest BCUT2D eigenvalue weighted by Gasteiger charge is 2.19. The molecular weight excluding hydrogens is 229 g/mol. The Balaban J connectivity index is 3.23. The van der Waals surface area contributed by atoms with Crippen LogP contribution in [0.1, 0.15) is 20.7 Å². The Morgan fingerprint density at radius 2 is 2.12 bits per heavy atom. The average Bonchev–Trinajstić information content (AvgIpc) is 2.31. The number of methoxy groups -OCH3 is 1. The molecule has 92 valence electrons. The van der Waals surface area contributed by atoms with Gasteiger partial charge in [-0.15, -0.1) is 0 Å². The maximum absolute atomic E-state index is 13.3. The molecule has 5 nitrogen and oxygen atoms in total. The van der Waals surface area contributed by atoms with Gasteiger partial charge >= 0.3 is 5.97 Å². The van der Waals surface area contributed by atoms with E-state index < -0.39 is 23.3 Å². The van der Waals surface area contributed by atoms with Gasteiger partial charge in [-0.1, -0.05) is 0 Å². The summed E-state index contributed by atoms with van der Waals surface area (Å²) in [6, 6.07) is 1.98. The van der Waals surface area contributed by atoms with E-state index in [2.05, 4.69) is 10.1 Å². The van der Waals surface area contributed by atoms with Gasteiger partial charge in [-0.2, -0.15) is 0 Å². The maximum Gasteiger partial charge on any atom is 0.341 e. The first-order chi connectivity index (χ1) is 8.01. The number of ketones is 1. The standard InChI is InChI=1S/C11H12FNO4/c1-13-5-9(14)6-3-7(11(16)17-2)10(15)8(12)4-6/h3-4,13,15H,5H2,1-2H3. The summed E-state index contributed by atoms with van der Waals surface area (Å²) in [5.41, 5.74) is -0.373. The smallest absolute Gasteiger partial charge is 0.341 e. The monoisotopic (exact) mass is 241 g/mol. The van der Waals surface area contributed by atoms with Crippen LogP contribution in [0, 0.1) is 5.82 Å². The Kier molecular flexibility index (Phi) is 4.17. The third kappa shape index (κ3) is 2.79. The fourth-order valence-corrected chi connectivity index (χ4v) is 1.29. The summed E-state index contributed by atoms with van der Waals surface area (Å²) in [5, 5.41) is 11.9. The molecule has 0 radical (unpaired) electrons. The zero-order valence-electron chi connectivity index (χ0n) is 9.41. The van der Waals surface area contributed by atoms with Crippen molar-refractivity contribution in [3.05, 3.63) is 29.1 Å². The van der Waals surface area contributed by atoms with E-state index in [0.29, 0.717) is 0 Å². The number of hydrogen-bond acceptors (Lipinski definition) is 5. The quantitative estimate of drug-likeness (QED) is 0.600. The van der Waals surface area contributed by atoms with Crippen LogP contribution in [-0.2, 0) is 4.74 Å². The molecule has 0 heterocycles. The van der Waals surface area contributed by atoms with Crippen molar-refractivity contribution < 1.29 is 23.8 Å². The summed E-state index contributed by atoms with van der Waals surface area (Å²) in [6.45, 7) is 0.00479. The van der Waals surface area contributed by atoms with E-state index in [-0.39, 0.29) is 17.7 Å². The number of carbonyl (C=O) groups is 2. The first-order valence-corrected chi connectivity index (χ1v) is 4.80. The number of aromatic hydroxyl groups is 1. The van der Waals surface area contributed by atoms with Gasteiger partial charge in [0.1, 0.15) is 5.56 Å². The molecule has 6 heteroatoms. The normalized spacial score (nSPS) is 10.1. The van der Waals surface area contributed by atoms with Crippen molar-refractivity contribution >= 4 is 11.8 Å². The van der Waals surface area contributed by atoms with Crippen LogP contribution < -0.4 is 5.32 Å². The van der Waals surface area contributed by atoms with Gasteiger partial charge in [-0.05, 0) is 19.2 Å². The van der Waals surface area contributed by atoms with Crippen molar-refractivity contribution in [2.24, 2.45) is 0 Å².